The second-order valence-electron chi connectivity index (χ2n) is 3.88. The van der Waals surface area contributed by atoms with Crippen LogP contribution in [0.15, 0.2) is 24.3 Å². The highest BCUT2D eigenvalue weighted by atomic mass is 32.2. The molecule has 0 saturated heterocycles. The molecular formula is C12H18N2OS. The van der Waals surface area contributed by atoms with E-state index in [1.165, 1.54) is 11.1 Å². The van der Waals surface area contributed by atoms with Crippen LogP contribution < -0.4 is 11.3 Å². The van der Waals surface area contributed by atoms with Gasteiger partial charge in [-0.15, -0.1) is 0 Å². The number of carbonyl (C=O) groups excluding carboxylic acids is 1. The average Bonchev–Trinajstić information content (AvgIpc) is 2.26. The predicted octanol–water partition coefficient (Wildman–Crippen LogP) is 2.00. The number of hydrogen-bond donors (Lipinski definition) is 2. The average molecular weight is 238 g/mol. The quantitative estimate of drug-likeness (QED) is 0.468. The zero-order valence-electron chi connectivity index (χ0n) is 9.69. The summed E-state index contributed by atoms with van der Waals surface area (Å²) in [6.07, 6.45) is 0.465. The fraction of sp³-hybridized carbons (Fsp3) is 0.417. The largest absolute Gasteiger partial charge is 0.294 e. The summed E-state index contributed by atoms with van der Waals surface area (Å²) in [7, 11) is 0. The zero-order valence-corrected chi connectivity index (χ0v) is 10.5. The van der Waals surface area contributed by atoms with Crippen molar-refractivity contribution in [1.82, 2.24) is 5.43 Å². The molecule has 1 aromatic carbocycles. The molecule has 0 fully saturated rings. The summed E-state index contributed by atoms with van der Waals surface area (Å²) in [6.45, 7) is 4.12. The lowest BCUT2D eigenvalue weighted by molar-refractivity contribution is -0.121. The normalized spacial score (nSPS) is 12.2. The van der Waals surface area contributed by atoms with Crippen molar-refractivity contribution in [1.29, 1.82) is 0 Å². The Bertz CT molecular complexity index is 355. The lowest BCUT2D eigenvalue weighted by Crippen LogP contribution is -2.31. The van der Waals surface area contributed by atoms with Crippen LogP contribution in [0.2, 0.25) is 0 Å². The van der Waals surface area contributed by atoms with Crippen LogP contribution >= 0.6 is 11.8 Å². The Morgan fingerprint density at radius 2 is 2.31 bits per heavy atom. The number of aryl methyl sites for hydroxylation is 1. The minimum atomic E-state index is -0.107. The van der Waals surface area contributed by atoms with Gasteiger partial charge in [0.05, 0.1) is 0 Å². The lowest BCUT2D eigenvalue weighted by atomic mass is 10.2. The van der Waals surface area contributed by atoms with Crippen LogP contribution in [-0.4, -0.2) is 11.2 Å². The molecule has 0 aliphatic heterocycles. The Kier molecular flexibility index (Phi) is 5.35. The third-order valence-electron chi connectivity index (χ3n) is 2.25. The third kappa shape index (κ3) is 4.68. The molecule has 0 saturated carbocycles. The second-order valence-corrected chi connectivity index (χ2v) is 5.31. The molecule has 1 aromatic rings. The highest BCUT2D eigenvalue weighted by Crippen LogP contribution is 2.20. The van der Waals surface area contributed by atoms with E-state index in [9.17, 15) is 4.79 Å². The number of amides is 1. The van der Waals surface area contributed by atoms with Gasteiger partial charge in [-0.1, -0.05) is 36.8 Å². The molecule has 88 valence electrons. The minimum absolute atomic E-state index is 0.107. The van der Waals surface area contributed by atoms with Crippen molar-refractivity contribution < 1.29 is 4.79 Å². The summed E-state index contributed by atoms with van der Waals surface area (Å²) in [5, 5.41) is 0.282. The number of hydrogen-bond acceptors (Lipinski definition) is 3. The number of hydrazine groups is 1. The maximum Gasteiger partial charge on any atom is 0.234 e. The van der Waals surface area contributed by atoms with Crippen LogP contribution in [0.5, 0.6) is 0 Å². The van der Waals surface area contributed by atoms with Crippen molar-refractivity contribution in [3.8, 4) is 0 Å². The molecule has 1 atom stereocenters. The first kappa shape index (κ1) is 13.1. The Labute approximate surface area is 101 Å². The first-order chi connectivity index (χ1) is 7.61. The predicted molar refractivity (Wildman–Crippen MR) is 68.9 cm³/mol. The van der Waals surface area contributed by atoms with Crippen LogP contribution in [-0.2, 0) is 10.5 Å². The fourth-order valence-corrected chi connectivity index (χ4v) is 2.35. The van der Waals surface area contributed by atoms with E-state index in [1.54, 1.807) is 11.8 Å². The van der Waals surface area contributed by atoms with E-state index in [4.69, 9.17) is 5.84 Å². The van der Waals surface area contributed by atoms with Crippen molar-refractivity contribution in [2.75, 3.05) is 0 Å². The summed E-state index contributed by atoms with van der Waals surface area (Å²) < 4.78 is 0. The van der Waals surface area contributed by atoms with Crippen molar-refractivity contribution in [2.45, 2.75) is 31.3 Å². The van der Waals surface area contributed by atoms with E-state index in [0.29, 0.717) is 6.42 Å². The van der Waals surface area contributed by atoms with Crippen molar-refractivity contribution in [2.24, 2.45) is 5.84 Å². The lowest BCUT2D eigenvalue weighted by Gasteiger charge is -2.10. The summed E-state index contributed by atoms with van der Waals surface area (Å²) in [4.78, 5) is 11.0. The van der Waals surface area contributed by atoms with Gasteiger partial charge in [0.25, 0.3) is 0 Å². The summed E-state index contributed by atoms with van der Waals surface area (Å²) >= 11 is 1.77. The molecule has 1 unspecified atom stereocenters. The SMILES string of the molecule is Cc1cccc(CSC(C)CC(=O)NN)c1. The Morgan fingerprint density at radius 1 is 1.56 bits per heavy atom. The maximum atomic E-state index is 11.0. The van der Waals surface area contributed by atoms with Gasteiger partial charge in [-0.25, -0.2) is 5.84 Å². The van der Waals surface area contributed by atoms with Gasteiger partial charge in [0.1, 0.15) is 0 Å². The topological polar surface area (TPSA) is 55.1 Å². The standard InChI is InChI=1S/C12H18N2OS/c1-9-4-3-5-11(6-9)8-16-10(2)7-12(15)14-13/h3-6,10H,7-8,13H2,1-2H3,(H,14,15). The maximum absolute atomic E-state index is 11.0. The molecule has 3 N–H and O–H groups in total. The van der Waals surface area contributed by atoms with E-state index in [2.05, 4.69) is 36.6 Å². The summed E-state index contributed by atoms with van der Waals surface area (Å²) in [5.41, 5.74) is 4.72. The number of nitrogens with two attached hydrogens (primary N) is 1. The molecule has 4 heteroatoms. The molecule has 16 heavy (non-hydrogen) atoms. The molecule has 0 aromatic heterocycles. The molecular weight excluding hydrogens is 220 g/mol. The van der Waals surface area contributed by atoms with E-state index >= 15 is 0 Å². The van der Waals surface area contributed by atoms with Gasteiger partial charge >= 0.3 is 0 Å². The summed E-state index contributed by atoms with van der Waals surface area (Å²) in [5.74, 6) is 5.86. The molecule has 3 nitrogen and oxygen atoms in total. The van der Waals surface area contributed by atoms with Crippen molar-refractivity contribution >= 4 is 17.7 Å². The van der Waals surface area contributed by atoms with Crippen molar-refractivity contribution in [3.05, 3.63) is 35.4 Å². The van der Waals surface area contributed by atoms with E-state index in [1.807, 2.05) is 6.92 Å². The van der Waals surface area contributed by atoms with E-state index < -0.39 is 0 Å². The highest BCUT2D eigenvalue weighted by Gasteiger charge is 2.08. The van der Waals surface area contributed by atoms with Crippen LogP contribution in [0, 0.1) is 6.92 Å². The Balaban J connectivity index is 2.37. The van der Waals surface area contributed by atoms with Gasteiger partial charge in [-0.3, -0.25) is 10.2 Å². The van der Waals surface area contributed by atoms with Gasteiger partial charge in [0.2, 0.25) is 5.91 Å². The smallest absolute Gasteiger partial charge is 0.234 e. The monoisotopic (exact) mass is 238 g/mol. The number of carbonyl (C=O) groups is 1. The van der Waals surface area contributed by atoms with Gasteiger partial charge in [-0.05, 0) is 12.5 Å². The van der Waals surface area contributed by atoms with Gasteiger partial charge < -0.3 is 0 Å². The van der Waals surface area contributed by atoms with E-state index in [-0.39, 0.29) is 11.2 Å². The van der Waals surface area contributed by atoms with E-state index in [0.717, 1.165) is 5.75 Å². The second kappa shape index (κ2) is 6.55. The van der Waals surface area contributed by atoms with Crippen molar-refractivity contribution in [3.63, 3.8) is 0 Å². The van der Waals surface area contributed by atoms with Gasteiger partial charge in [0.15, 0.2) is 0 Å². The Morgan fingerprint density at radius 3 is 2.94 bits per heavy atom. The van der Waals surface area contributed by atoms with Gasteiger partial charge in [-0.2, -0.15) is 11.8 Å². The fourth-order valence-electron chi connectivity index (χ4n) is 1.42. The van der Waals surface area contributed by atoms with Crippen LogP contribution in [0.4, 0.5) is 0 Å². The first-order valence-electron chi connectivity index (χ1n) is 5.28. The molecule has 0 aliphatic carbocycles. The number of nitrogens with one attached hydrogen (secondary N) is 1. The first-order valence-corrected chi connectivity index (χ1v) is 6.33. The molecule has 1 rings (SSSR count). The molecule has 0 aliphatic rings. The molecule has 0 heterocycles. The minimum Gasteiger partial charge on any atom is -0.294 e. The van der Waals surface area contributed by atoms with Crippen LogP contribution in [0.3, 0.4) is 0 Å². The summed E-state index contributed by atoms with van der Waals surface area (Å²) in [6, 6.07) is 8.42. The highest BCUT2D eigenvalue weighted by molar-refractivity contribution is 7.99. The zero-order chi connectivity index (χ0) is 12.0. The molecule has 0 radical (unpaired) electrons. The number of rotatable bonds is 5. The Hall–Kier alpha value is -1.00. The number of benzene rings is 1. The van der Waals surface area contributed by atoms with Crippen LogP contribution in [0.25, 0.3) is 0 Å². The molecule has 0 spiro atoms. The van der Waals surface area contributed by atoms with Gasteiger partial charge in [0, 0.05) is 17.4 Å². The van der Waals surface area contributed by atoms with Crippen LogP contribution in [0.1, 0.15) is 24.5 Å². The molecule has 0 bridgehead atoms. The molecule has 1 amide bonds. The third-order valence-corrected chi connectivity index (χ3v) is 3.49. The number of thioether (sulfide) groups is 1.